The van der Waals surface area contributed by atoms with Crippen molar-refractivity contribution < 1.29 is 18.7 Å². The maximum absolute atomic E-state index is 14.7. The summed E-state index contributed by atoms with van der Waals surface area (Å²) in [4.78, 5) is 24.8. The van der Waals surface area contributed by atoms with Crippen molar-refractivity contribution in [2.75, 3.05) is 4.90 Å². The largest absolute Gasteiger partial charge is 0.424 e. The zero-order valence-corrected chi connectivity index (χ0v) is 11.0. The number of cyclic esters (lactones) is 1. The Labute approximate surface area is 120 Å². The van der Waals surface area contributed by atoms with E-state index < -0.39 is 17.9 Å². The molecule has 4 nitrogen and oxygen atoms in total. The van der Waals surface area contributed by atoms with Gasteiger partial charge in [-0.25, -0.2) is 9.69 Å². The Balaban J connectivity index is 1.89. The molecule has 0 bridgehead atoms. The van der Waals surface area contributed by atoms with Gasteiger partial charge in [0.15, 0.2) is 0 Å². The number of nitrogens with zero attached hydrogens (tertiary/aromatic N) is 1. The van der Waals surface area contributed by atoms with Crippen molar-refractivity contribution >= 4 is 17.7 Å². The van der Waals surface area contributed by atoms with Crippen LogP contribution in [0.1, 0.15) is 5.56 Å². The minimum Gasteiger partial charge on any atom is -0.401 e. The lowest BCUT2D eigenvalue weighted by atomic mass is 10.1. The topological polar surface area (TPSA) is 46.6 Å². The molecule has 106 valence electrons. The van der Waals surface area contributed by atoms with Crippen molar-refractivity contribution in [1.82, 2.24) is 0 Å². The van der Waals surface area contributed by atoms with Crippen LogP contribution in [0.2, 0.25) is 0 Å². The van der Waals surface area contributed by atoms with Gasteiger partial charge >= 0.3 is 17.9 Å². The molecule has 1 aliphatic heterocycles. The molecule has 1 atom stereocenters. The van der Waals surface area contributed by atoms with Gasteiger partial charge in [-0.2, -0.15) is 4.39 Å². The van der Waals surface area contributed by atoms with E-state index in [0.717, 1.165) is 4.90 Å². The van der Waals surface area contributed by atoms with Crippen molar-refractivity contribution in [2.24, 2.45) is 0 Å². The number of imide groups is 1. The van der Waals surface area contributed by atoms with Gasteiger partial charge in [0.2, 0.25) is 0 Å². The number of para-hydroxylation sites is 1. The summed E-state index contributed by atoms with van der Waals surface area (Å²) in [6, 6.07) is 16.7. The van der Waals surface area contributed by atoms with E-state index in [9.17, 15) is 14.0 Å². The summed E-state index contributed by atoms with van der Waals surface area (Å²) in [6.45, 7) is 0. The zero-order chi connectivity index (χ0) is 14.9. The normalized spacial score (nSPS) is 21.5. The number of carbonyl (C=O) groups is 2. The molecule has 2 amide bonds. The van der Waals surface area contributed by atoms with E-state index >= 15 is 0 Å². The van der Waals surface area contributed by atoms with Gasteiger partial charge in [-0.3, -0.25) is 4.79 Å². The molecular formula is C16H12FNO3. The lowest BCUT2D eigenvalue weighted by Crippen LogP contribution is -2.39. The van der Waals surface area contributed by atoms with Gasteiger partial charge in [0, 0.05) is 0 Å². The number of halogens is 1. The summed E-state index contributed by atoms with van der Waals surface area (Å²) in [5.41, 5.74) is 0.871. The highest BCUT2D eigenvalue weighted by Gasteiger charge is 2.55. The lowest BCUT2D eigenvalue weighted by molar-refractivity contribution is -0.146. The zero-order valence-electron chi connectivity index (χ0n) is 11.0. The molecule has 0 aromatic heterocycles. The smallest absolute Gasteiger partial charge is 0.401 e. The molecule has 5 heteroatoms. The molecule has 1 heterocycles. The molecule has 1 unspecified atom stereocenters. The molecule has 0 radical (unpaired) electrons. The predicted molar refractivity (Wildman–Crippen MR) is 74.4 cm³/mol. The third-order valence-corrected chi connectivity index (χ3v) is 3.24. The fraction of sp³-hybridized carbons (Fsp3) is 0.125. The van der Waals surface area contributed by atoms with E-state index in [1.165, 1.54) is 0 Å². The van der Waals surface area contributed by atoms with Crippen LogP contribution < -0.4 is 4.90 Å². The van der Waals surface area contributed by atoms with Gasteiger partial charge in [0.25, 0.3) is 0 Å². The van der Waals surface area contributed by atoms with Crippen LogP contribution in [0.25, 0.3) is 0 Å². The maximum Gasteiger partial charge on any atom is 0.424 e. The molecule has 2 aromatic carbocycles. The number of hydrogen-bond acceptors (Lipinski definition) is 3. The number of hydrogen-bond donors (Lipinski definition) is 0. The third kappa shape index (κ3) is 2.38. The van der Waals surface area contributed by atoms with Crippen LogP contribution in [0.3, 0.4) is 0 Å². The first-order chi connectivity index (χ1) is 10.1. The first-order valence-corrected chi connectivity index (χ1v) is 6.45. The highest BCUT2D eigenvalue weighted by atomic mass is 19.2. The van der Waals surface area contributed by atoms with Crippen LogP contribution in [0.5, 0.6) is 0 Å². The second kappa shape index (κ2) is 5.01. The van der Waals surface area contributed by atoms with E-state index in [2.05, 4.69) is 0 Å². The van der Waals surface area contributed by atoms with Crippen molar-refractivity contribution in [3.05, 3.63) is 66.2 Å². The fourth-order valence-corrected chi connectivity index (χ4v) is 2.25. The Morgan fingerprint density at radius 3 is 2.14 bits per heavy atom. The van der Waals surface area contributed by atoms with Crippen LogP contribution in [0.4, 0.5) is 14.9 Å². The minimum atomic E-state index is -2.66. The van der Waals surface area contributed by atoms with Crippen molar-refractivity contribution in [1.29, 1.82) is 0 Å². The van der Waals surface area contributed by atoms with Crippen molar-refractivity contribution in [3.8, 4) is 0 Å². The maximum atomic E-state index is 14.7. The number of alkyl halides is 1. The number of amides is 2. The Morgan fingerprint density at radius 2 is 1.52 bits per heavy atom. The predicted octanol–water partition coefficient (Wildman–Crippen LogP) is 3.08. The summed E-state index contributed by atoms with van der Waals surface area (Å²) in [5.74, 6) is -3.66. The summed E-state index contributed by atoms with van der Waals surface area (Å²) in [7, 11) is 0. The molecule has 0 aliphatic carbocycles. The van der Waals surface area contributed by atoms with Crippen molar-refractivity contribution in [2.45, 2.75) is 12.3 Å². The average Bonchev–Trinajstić information content (AvgIpc) is 2.70. The highest BCUT2D eigenvalue weighted by molar-refractivity contribution is 6.19. The lowest BCUT2D eigenvalue weighted by Gasteiger charge is -2.15. The van der Waals surface area contributed by atoms with Crippen LogP contribution in [0.15, 0.2) is 60.7 Å². The van der Waals surface area contributed by atoms with E-state index in [-0.39, 0.29) is 6.42 Å². The molecule has 21 heavy (non-hydrogen) atoms. The number of rotatable bonds is 3. The third-order valence-electron chi connectivity index (χ3n) is 3.24. The quantitative estimate of drug-likeness (QED) is 0.870. The molecule has 1 saturated heterocycles. The minimum absolute atomic E-state index is 0.292. The highest BCUT2D eigenvalue weighted by Crippen LogP contribution is 2.33. The fourth-order valence-electron chi connectivity index (χ4n) is 2.25. The van der Waals surface area contributed by atoms with E-state index in [1.807, 2.05) is 0 Å². The van der Waals surface area contributed by atoms with E-state index in [1.54, 1.807) is 60.7 Å². The van der Waals surface area contributed by atoms with Gasteiger partial charge in [-0.05, 0) is 17.7 Å². The van der Waals surface area contributed by atoms with Gasteiger partial charge < -0.3 is 4.74 Å². The SMILES string of the molecule is O=C1OC(F)(Cc2ccccc2)C(=O)N1c1ccccc1. The number of anilines is 1. The Kier molecular flexibility index (Phi) is 3.17. The van der Waals surface area contributed by atoms with E-state index in [4.69, 9.17) is 4.74 Å². The Hall–Kier alpha value is -2.69. The Morgan fingerprint density at radius 1 is 0.952 bits per heavy atom. The molecule has 3 rings (SSSR count). The average molecular weight is 285 g/mol. The first kappa shape index (κ1) is 13.3. The summed E-state index contributed by atoms with van der Waals surface area (Å²) < 4.78 is 19.4. The van der Waals surface area contributed by atoms with Crippen LogP contribution in [-0.4, -0.2) is 17.9 Å². The molecule has 1 aliphatic rings. The standard InChI is InChI=1S/C16H12FNO3/c17-16(11-12-7-3-1-4-8-12)14(19)18(15(20)21-16)13-9-5-2-6-10-13/h1-10H,11H2. The molecule has 0 N–H and O–H groups in total. The van der Waals surface area contributed by atoms with Gasteiger partial charge in [-0.15, -0.1) is 0 Å². The van der Waals surface area contributed by atoms with Crippen molar-refractivity contribution in [3.63, 3.8) is 0 Å². The molecule has 1 fully saturated rings. The summed E-state index contributed by atoms with van der Waals surface area (Å²) in [6.07, 6.45) is -1.30. The van der Waals surface area contributed by atoms with Gasteiger partial charge in [-0.1, -0.05) is 48.5 Å². The number of carbonyl (C=O) groups excluding carboxylic acids is 2. The number of ether oxygens (including phenoxy) is 1. The van der Waals surface area contributed by atoms with Gasteiger partial charge in [0.1, 0.15) is 0 Å². The molecule has 0 saturated carbocycles. The van der Waals surface area contributed by atoms with Gasteiger partial charge in [0.05, 0.1) is 12.1 Å². The molecule has 0 spiro atoms. The number of benzene rings is 2. The van der Waals surface area contributed by atoms with Crippen LogP contribution in [0, 0.1) is 0 Å². The van der Waals surface area contributed by atoms with Crippen LogP contribution in [-0.2, 0) is 16.0 Å². The second-order valence-electron chi connectivity index (χ2n) is 4.73. The van der Waals surface area contributed by atoms with Crippen LogP contribution >= 0.6 is 0 Å². The molecule has 2 aromatic rings. The van der Waals surface area contributed by atoms with E-state index in [0.29, 0.717) is 11.3 Å². The second-order valence-corrected chi connectivity index (χ2v) is 4.73. The summed E-state index contributed by atoms with van der Waals surface area (Å²) in [5, 5.41) is 0. The Bertz CT molecular complexity index is 674. The molecular weight excluding hydrogens is 273 g/mol. The monoisotopic (exact) mass is 285 g/mol. The summed E-state index contributed by atoms with van der Waals surface area (Å²) >= 11 is 0. The first-order valence-electron chi connectivity index (χ1n) is 6.45.